The molecule has 0 bridgehead atoms. The molecule has 1 saturated heterocycles. The summed E-state index contributed by atoms with van der Waals surface area (Å²) in [5, 5.41) is 0.866. The van der Waals surface area contributed by atoms with Gasteiger partial charge in [0.15, 0.2) is 0 Å². The Bertz CT molecular complexity index is 663. The number of likely N-dealkylation sites (N-methyl/N-ethyl adjacent to an activating group) is 1. The van der Waals surface area contributed by atoms with Crippen molar-refractivity contribution in [2.24, 2.45) is 0 Å². The van der Waals surface area contributed by atoms with E-state index in [0.717, 1.165) is 35.0 Å². The zero-order chi connectivity index (χ0) is 15.2. The molecule has 96 valence electrons. The van der Waals surface area contributed by atoms with E-state index in [1.165, 1.54) is 12.1 Å². The average Bonchev–Trinajstić information content (AvgIpc) is 2.96. The molecule has 1 aliphatic heterocycles. The second-order valence-electron chi connectivity index (χ2n) is 5.11. The lowest BCUT2D eigenvalue weighted by Gasteiger charge is -2.19. The quantitative estimate of drug-likeness (QED) is 0.865. The molecule has 2 heterocycles. The topological polar surface area (TPSA) is 19.0 Å². The van der Waals surface area contributed by atoms with Crippen molar-refractivity contribution < 1.29 is 8.50 Å². The molecular weight excluding hydrogens is 227 g/mol. The van der Waals surface area contributed by atoms with Crippen LogP contribution in [0.2, 0.25) is 0 Å². The molecule has 2 aromatic rings. The molecule has 1 fully saturated rings. The van der Waals surface area contributed by atoms with Crippen LogP contribution in [0.4, 0.5) is 4.39 Å². The van der Waals surface area contributed by atoms with Gasteiger partial charge < -0.3 is 9.88 Å². The summed E-state index contributed by atoms with van der Waals surface area (Å²) >= 11 is 0. The van der Waals surface area contributed by atoms with Gasteiger partial charge in [-0.2, -0.15) is 0 Å². The van der Waals surface area contributed by atoms with Crippen LogP contribution in [0, 0.1) is 12.7 Å². The standard InChI is InChI=1S/C15H19FN2/c1-10-13(9-12-4-3-7-18(12)2)14-8-11(16)5-6-15(14)17-10/h5-6,8,12,17H,3-4,7,9H2,1-2H3/t12-/m1/s1/i2D3. The van der Waals surface area contributed by atoms with E-state index in [2.05, 4.69) is 4.98 Å². The van der Waals surface area contributed by atoms with Crippen LogP contribution in [0.1, 0.15) is 28.2 Å². The second kappa shape index (κ2) is 4.39. The third-order valence-corrected chi connectivity index (χ3v) is 3.90. The van der Waals surface area contributed by atoms with Crippen molar-refractivity contribution in [1.29, 1.82) is 0 Å². The van der Waals surface area contributed by atoms with Gasteiger partial charge in [0, 0.05) is 26.8 Å². The zero-order valence-corrected chi connectivity index (χ0v) is 10.5. The van der Waals surface area contributed by atoms with E-state index < -0.39 is 6.98 Å². The summed E-state index contributed by atoms with van der Waals surface area (Å²) in [7, 11) is 0. The SMILES string of the molecule is [2H]C([2H])([2H])N1CCC[C@@H]1Cc1c(C)[nH]c2ccc(F)cc12. The number of likely N-dealkylation sites (tertiary alicyclic amines) is 1. The van der Waals surface area contributed by atoms with E-state index in [1.54, 1.807) is 11.0 Å². The third kappa shape index (κ3) is 1.93. The number of benzene rings is 1. The van der Waals surface area contributed by atoms with E-state index in [1.807, 2.05) is 6.92 Å². The largest absolute Gasteiger partial charge is 0.358 e. The molecule has 18 heavy (non-hydrogen) atoms. The number of aromatic nitrogens is 1. The molecule has 3 rings (SSSR count). The minimum absolute atomic E-state index is 0.00142. The lowest BCUT2D eigenvalue weighted by atomic mass is 10.0. The number of aromatic amines is 1. The minimum atomic E-state index is -2.05. The van der Waals surface area contributed by atoms with Crippen molar-refractivity contribution in [2.75, 3.05) is 13.5 Å². The van der Waals surface area contributed by atoms with E-state index in [0.29, 0.717) is 13.0 Å². The van der Waals surface area contributed by atoms with Crippen LogP contribution >= 0.6 is 0 Å². The van der Waals surface area contributed by atoms with Crippen LogP contribution < -0.4 is 0 Å². The van der Waals surface area contributed by atoms with Gasteiger partial charge in [0.2, 0.25) is 0 Å². The summed E-state index contributed by atoms with van der Waals surface area (Å²) in [6.07, 6.45) is 2.42. The zero-order valence-electron chi connectivity index (χ0n) is 13.5. The van der Waals surface area contributed by atoms with Crippen molar-refractivity contribution in [3.05, 3.63) is 35.3 Å². The normalized spacial score (nSPS) is 24.1. The summed E-state index contributed by atoms with van der Waals surface area (Å²) in [6.45, 7) is 0.519. The molecule has 0 amide bonds. The fraction of sp³-hybridized carbons (Fsp3) is 0.467. The molecule has 0 radical (unpaired) electrons. The van der Waals surface area contributed by atoms with Crippen LogP contribution in [0.5, 0.6) is 0 Å². The summed E-state index contributed by atoms with van der Waals surface area (Å²) in [5.41, 5.74) is 2.93. The van der Waals surface area contributed by atoms with Gasteiger partial charge in [-0.05, 0) is 63.5 Å². The number of nitrogens with zero attached hydrogens (tertiary/aromatic N) is 1. The van der Waals surface area contributed by atoms with Gasteiger partial charge >= 0.3 is 0 Å². The molecule has 0 saturated carbocycles. The molecule has 1 aromatic heterocycles. The van der Waals surface area contributed by atoms with Crippen LogP contribution in [-0.4, -0.2) is 29.4 Å². The monoisotopic (exact) mass is 249 g/mol. The maximum absolute atomic E-state index is 13.5. The highest BCUT2D eigenvalue weighted by Crippen LogP contribution is 2.27. The molecule has 0 spiro atoms. The van der Waals surface area contributed by atoms with Gasteiger partial charge in [-0.25, -0.2) is 4.39 Å². The Labute approximate surface area is 111 Å². The summed E-state index contributed by atoms with van der Waals surface area (Å²) in [5.74, 6) is -0.262. The molecular formula is C15H19FN2. The maximum atomic E-state index is 13.5. The first-order valence-corrected chi connectivity index (χ1v) is 6.40. The molecule has 0 unspecified atom stereocenters. The molecule has 3 heteroatoms. The maximum Gasteiger partial charge on any atom is 0.123 e. The first kappa shape index (κ1) is 8.70. The van der Waals surface area contributed by atoms with Gasteiger partial charge in [0.05, 0.1) is 0 Å². The fourth-order valence-corrected chi connectivity index (χ4v) is 2.90. The van der Waals surface area contributed by atoms with Crippen LogP contribution in [-0.2, 0) is 6.42 Å². The van der Waals surface area contributed by atoms with Crippen molar-refractivity contribution in [3.63, 3.8) is 0 Å². The molecule has 0 aliphatic carbocycles. The van der Waals surface area contributed by atoms with E-state index in [9.17, 15) is 4.39 Å². The van der Waals surface area contributed by atoms with Gasteiger partial charge in [0.1, 0.15) is 5.82 Å². The van der Waals surface area contributed by atoms with Gasteiger partial charge in [0.25, 0.3) is 0 Å². The third-order valence-electron chi connectivity index (χ3n) is 3.90. The molecule has 1 aromatic carbocycles. The van der Waals surface area contributed by atoms with Gasteiger partial charge in [-0.15, -0.1) is 0 Å². The van der Waals surface area contributed by atoms with Crippen molar-refractivity contribution in [2.45, 2.75) is 32.2 Å². The Morgan fingerprint density at radius 2 is 2.44 bits per heavy atom. The van der Waals surface area contributed by atoms with E-state index in [4.69, 9.17) is 4.11 Å². The first-order valence-electron chi connectivity index (χ1n) is 7.90. The second-order valence-corrected chi connectivity index (χ2v) is 5.11. The summed E-state index contributed by atoms with van der Waals surface area (Å²) < 4.78 is 36.4. The smallest absolute Gasteiger partial charge is 0.123 e. The summed E-state index contributed by atoms with van der Waals surface area (Å²) in [6, 6.07) is 4.70. The predicted octanol–water partition coefficient (Wildman–Crippen LogP) is 3.25. The minimum Gasteiger partial charge on any atom is -0.358 e. The highest BCUT2D eigenvalue weighted by atomic mass is 19.1. The number of rotatable bonds is 2. The Kier molecular flexibility index (Phi) is 2.12. The first-order chi connectivity index (χ1) is 9.86. The summed E-state index contributed by atoms with van der Waals surface area (Å²) in [4.78, 5) is 4.86. The fourth-order valence-electron chi connectivity index (χ4n) is 2.90. The Balaban J connectivity index is 1.94. The number of H-pyrrole nitrogens is 1. The lowest BCUT2D eigenvalue weighted by molar-refractivity contribution is 0.309. The number of hydrogen-bond donors (Lipinski definition) is 1. The number of hydrogen-bond acceptors (Lipinski definition) is 1. The number of fused-ring (bicyclic) bond motifs is 1. The molecule has 1 N–H and O–H groups in total. The number of aryl methyl sites for hydroxylation is 1. The molecule has 1 aliphatic rings. The van der Waals surface area contributed by atoms with Crippen molar-refractivity contribution >= 4 is 10.9 Å². The number of halogens is 1. The molecule has 2 nitrogen and oxygen atoms in total. The highest BCUT2D eigenvalue weighted by Gasteiger charge is 2.23. The van der Waals surface area contributed by atoms with Crippen LogP contribution in [0.25, 0.3) is 10.9 Å². The predicted molar refractivity (Wildman–Crippen MR) is 72.3 cm³/mol. The average molecular weight is 249 g/mol. The van der Waals surface area contributed by atoms with Crippen molar-refractivity contribution in [1.82, 2.24) is 9.88 Å². The molecule has 1 atom stereocenters. The number of nitrogens with one attached hydrogen (secondary N) is 1. The highest BCUT2D eigenvalue weighted by molar-refractivity contribution is 5.84. The van der Waals surface area contributed by atoms with Crippen LogP contribution in [0.15, 0.2) is 18.2 Å². The van der Waals surface area contributed by atoms with Gasteiger partial charge in [-0.1, -0.05) is 0 Å². The Morgan fingerprint density at radius 1 is 1.56 bits per heavy atom. The van der Waals surface area contributed by atoms with E-state index >= 15 is 0 Å². The lowest BCUT2D eigenvalue weighted by Crippen LogP contribution is -2.26. The van der Waals surface area contributed by atoms with Gasteiger partial charge in [-0.3, -0.25) is 0 Å². The Hall–Kier alpha value is -1.35. The van der Waals surface area contributed by atoms with Crippen molar-refractivity contribution in [3.8, 4) is 0 Å². The van der Waals surface area contributed by atoms with Crippen LogP contribution in [0.3, 0.4) is 0 Å². The van der Waals surface area contributed by atoms with E-state index in [-0.39, 0.29) is 11.9 Å². The Morgan fingerprint density at radius 3 is 3.28 bits per heavy atom.